The molecule has 0 saturated carbocycles. The molecule has 0 aliphatic heterocycles. The van der Waals surface area contributed by atoms with E-state index in [2.05, 4.69) is 35.9 Å². The Bertz CT molecular complexity index is 681. The lowest BCUT2D eigenvalue weighted by molar-refractivity contribution is 0.246. The average Bonchev–Trinajstić information content (AvgIpc) is 2.98. The lowest BCUT2D eigenvalue weighted by Gasteiger charge is -2.12. The van der Waals surface area contributed by atoms with Crippen LogP contribution in [0.25, 0.3) is 0 Å². The number of amidine groups is 1. The van der Waals surface area contributed by atoms with Gasteiger partial charge in [-0.25, -0.2) is 19.1 Å². The van der Waals surface area contributed by atoms with Gasteiger partial charge in [0.05, 0.1) is 16.7 Å². The smallest absolute Gasteiger partial charge is 0.228 e. The highest BCUT2D eigenvalue weighted by molar-refractivity contribution is 9.10. The molecule has 22 heavy (non-hydrogen) atoms. The fraction of sp³-hybridized carbons (Fsp3) is 0.250. The molecule has 0 bridgehead atoms. The highest BCUT2D eigenvalue weighted by atomic mass is 79.9. The molecule has 0 unspecified atom stereocenters. The van der Waals surface area contributed by atoms with Crippen molar-refractivity contribution in [1.29, 1.82) is 0 Å². The SMILES string of the molecule is CSCCN(O)c1nonc1C(N)=Nc1ccc(F)c(Br)c1. The molecule has 10 heteroatoms. The Labute approximate surface area is 138 Å². The summed E-state index contributed by atoms with van der Waals surface area (Å²) in [5.41, 5.74) is 6.40. The first kappa shape index (κ1) is 16.7. The van der Waals surface area contributed by atoms with Gasteiger partial charge in [-0.15, -0.1) is 0 Å². The molecule has 0 saturated heterocycles. The maximum Gasteiger partial charge on any atom is 0.228 e. The molecule has 0 amide bonds. The number of aromatic nitrogens is 2. The molecule has 1 heterocycles. The largest absolute Gasteiger partial charge is 0.382 e. The second-order valence-electron chi connectivity index (χ2n) is 4.15. The molecule has 7 nitrogen and oxygen atoms in total. The molecule has 2 rings (SSSR count). The summed E-state index contributed by atoms with van der Waals surface area (Å²) in [6.45, 7) is 0.331. The van der Waals surface area contributed by atoms with Gasteiger partial charge in [0.1, 0.15) is 5.82 Å². The highest BCUT2D eigenvalue weighted by Gasteiger charge is 2.19. The molecule has 0 aliphatic rings. The predicted octanol–water partition coefficient (Wildman–Crippen LogP) is 2.57. The zero-order valence-electron chi connectivity index (χ0n) is 11.5. The molecule has 118 valence electrons. The second-order valence-corrected chi connectivity index (χ2v) is 5.99. The molecule has 0 atom stereocenters. The van der Waals surface area contributed by atoms with Gasteiger partial charge in [0.15, 0.2) is 11.5 Å². The summed E-state index contributed by atoms with van der Waals surface area (Å²) < 4.78 is 18.1. The van der Waals surface area contributed by atoms with E-state index in [-0.39, 0.29) is 21.8 Å². The third kappa shape index (κ3) is 3.96. The lowest BCUT2D eigenvalue weighted by atomic mass is 10.3. The molecule has 2 aromatic rings. The molecule has 0 spiro atoms. The van der Waals surface area contributed by atoms with E-state index in [1.807, 2.05) is 6.26 Å². The van der Waals surface area contributed by atoms with Crippen LogP contribution < -0.4 is 10.8 Å². The summed E-state index contributed by atoms with van der Waals surface area (Å²) in [5.74, 6) is 0.361. The van der Waals surface area contributed by atoms with Gasteiger partial charge in [-0.05, 0) is 50.7 Å². The molecular weight excluding hydrogens is 377 g/mol. The summed E-state index contributed by atoms with van der Waals surface area (Å²) in [6, 6.07) is 4.19. The molecular formula is C12H13BrFN5O2S. The normalized spacial score (nSPS) is 11.7. The predicted molar refractivity (Wildman–Crippen MR) is 86.3 cm³/mol. The van der Waals surface area contributed by atoms with E-state index >= 15 is 0 Å². The Kier molecular flexibility index (Phi) is 5.75. The quantitative estimate of drug-likeness (QED) is 0.444. The summed E-state index contributed by atoms with van der Waals surface area (Å²) >= 11 is 4.63. The first-order valence-electron chi connectivity index (χ1n) is 6.10. The molecule has 1 aromatic carbocycles. The fourth-order valence-electron chi connectivity index (χ4n) is 1.54. The van der Waals surface area contributed by atoms with E-state index in [1.165, 1.54) is 18.2 Å². The third-order valence-electron chi connectivity index (χ3n) is 2.62. The number of nitrogens with zero attached hydrogens (tertiary/aromatic N) is 4. The Morgan fingerprint density at radius 1 is 1.55 bits per heavy atom. The van der Waals surface area contributed by atoms with Crippen molar-refractivity contribution in [2.24, 2.45) is 10.7 Å². The maximum atomic E-state index is 13.2. The van der Waals surface area contributed by atoms with Crippen LogP contribution in [0.2, 0.25) is 0 Å². The molecule has 3 N–H and O–H groups in total. The van der Waals surface area contributed by atoms with Crippen LogP contribution in [0.3, 0.4) is 0 Å². The highest BCUT2D eigenvalue weighted by Crippen LogP contribution is 2.23. The van der Waals surface area contributed by atoms with Crippen molar-refractivity contribution in [3.63, 3.8) is 0 Å². The number of hydrogen-bond acceptors (Lipinski definition) is 7. The minimum Gasteiger partial charge on any atom is -0.382 e. The standard InChI is InChI=1S/C12H13BrFN5O2S/c1-22-5-4-19(20)12-10(17-21-18-12)11(15)16-7-2-3-9(14)8(13)6-7/h2-3,6,20H,4-5H2,1H3,(H2,15,16). The van der Waals surface area contributed by atoms with Gasteiger partial charge in [-0.3, -0.25) is 5.21 Å². The van der Waals surface area contributed by atoms with Gasteiger partial charge >= 0.3 is 0 Å². The number of anilines is 1. The van der Waals surface area contributed by atoms with Gasteiger partial charge in [-0.1, -0.05) is 0 Å². The van der Waals surface area contributed by atoms with Crippen LogP contribution in [0.5, 0.6) is 0 Å². The Morgan fingerprint density at radius 3 is 3.00 bits per heavy atom. The van der Waals surface area contributed by atoms with Crippen molar-refractivity contribution in [3.8, 4) is 0 Å². The zero-order valence-corrected chi connectivity index (χ0v) is 13.9. The summed E-state index contributed by atoms with van der Waals surface area (Å²) in [5, 5.41) is 18.1. The first-order valence-corrected chi connectivity index (χ1v) is 8.29. The van der Waals surface area contributed by atoms with E-state index in [0.29, 0.717) is 18.0 Å². The Hall–Kier alpha value is -1.65. The number of thioether (sulfide) groups is 1. The second kappa shape index (κ2) is 7.56. The van der Waals surface area contributed by atoms with E-state index < -0.39 is 5.82 Å². The summed E-state index contributed by atoms with van der Waals surface area (Å²) in [6.07, 6.45) is 1.91. The number of hydroxylamine groups is 1. The van der Waals surface area contributed by atoms with E-state index in [4.69, 9.17) is 5.73 Å². The van der Waals surface area contributed by atoms with Crippen LogP contribution >= 0.6 is 27.7 Å². The number of benzene rings is 1. The first-order chi connectivity index (χ1) is 10.5. The zero-order chi connectivity index (χ0) is 16.1. The maximum absolute atomic E-state index is 13.2. The number of rotatable bonds is 6. The van der Waals surface area contributed by atoms with Gasteiger partial charge in [0.2, 0.25) is 5.82 Å². The number of halogens is 2. The number of hydrogen-bond donors (Lipinski definition) is 2. The fourth-order valence-corrected chi connectivity index (χ4v) is 2.27. The summed E-state index contributed by atoms with van der Waals surface area (Å²) in [4.78, 5) is 4.12. The van der Waals surface area contributed by atoms with Crippen LogP contribution in [0.1, 0.15) is 5.69 Å². The average molecular weight is 390 g/mol. The van der Waals surface area contributed by atoms with Crippen molar-refractivity contribution in [2.45, 2.75) is 0 Å². The van der Waals surface area contributed by atoms with Crippen LogP contribution in [0, 0.1) is 5.82 Å². The van der Waals surface area contributed by atoms with Crippen molar-refractivity contribution in [2.75, 3.05) is 23.6 Å². The molecule has 1 aromatic heterocycles. The van der Waals surface area contributed by atoms with Crippen molar-refractivity contribution < 1.29 is 14.2 Å². The minimum absolute atomic E-state index is 0.00189. The number of aliphatic imine (C=N–C) groups is 1. The van der Waals surface area contributed by atoms with Crippen LogP contribution in [0.4, 0.5) is 15.9 Å². The van der Waals surface area contributed by atoms with Crippen LogP contribution in [-0.2, 0) is 0 Å². The minimum atomic E-state index is -0.403. The molecule has 0 aliphatic carbocycles. The topological polar surface area (TPSA) is 101 Å². The third-order valence-corrected chi connectivity index (χ3v) is 3.82. The van der Waals surface area contributed by atoms with Gasteiger partial charge in [0.25, 0.3) is 0 Å². The molecule has 0 radical (unpaired) electrons. The van der Waals surface area contributed by atoms with E-state index in [0.717, 1.165) is 5.06 Å². The van der Waals surface area contributed by atoms with Gasteiger partial charge < -0.3 is 5.73 Å². The van der Waals surface area contributed by atoms with Crippen LogP contribution in [-0.4, -0.2) is 39.9 Å². The van der Waals surface area contributed by atoms with Crippen molar-refractivity contribution in [1.82, 2.24) is 10.3 Å². The lowest BCUT2D eigenvalue weighted by Crippen LogP contribution is -2.25. The van der Waals surface area contributed by atoms with Crippen molar-refractivity contribution in [3.05, 3.63) is 34.2 Å². The van der Waals surface area contributed by atoms with Gasteiger partial charge in [0, 0.05) is 5.75 Å². The Balaban J connectivity index is 2.25. The van der Waals surface area contributed by atoms with E-state index in [1.54, 1.807) is 11.8 Å². The van der Waals surface area contributed by atoms with Crippen LogP contribution in [0.15, 0.2) is 32.3 Å². The van der Waals surface area contributed by atoms with Gasteiger partial charge in [-0.2, -0.15) is 11.8 Å². The summed E-state index contributed by atoms with van der Waals surface area (Å²) in [7, 11) is 0. The monoisotopic (exact) mass is 389 g/mol. The Morgan fingerprint density at radius 2 is 2.32 bits per heavy atom. The van der Waals surface area contributed by atoms with E-state index in [9.17, 15) is 9.60 Å². The number of nitrogens with two attached hydrogens (primary N) is 1. The molecule has 0 fully saturated rings. The van der Waals surface area contributed by atoms with Crippen molar-refractivity contribution >= 4 is 45.0 Å².